The van der Waals surface area contributed by atoms with Crippen LogP contribution in [0.2, 0.25) is 0 Å². The number of rotatable bonds is 7. The highest BCUT2D eigenvalue weighted by Crippen LogP contribution is 2.25. The van der Waals surface area contributed by atoms with Crippen LogP contribution in [-0.4, -0.2) is 36.7 Å². The third kappa shape index (κ3) is 4.48. The molecule has 1 heterocycles. The number of anilines is 1. The summed E-state index contributed by atoms with van der Waals surface area (Å²) >= 11 is 1.56. The Balaban J connectivity index is 1.93. The number of carbonyl (C=O) groups is 3. The number of unbranched alkanes of at least 4 members (excludes halogenated alkanes) is 1. The van der Waals surface area contributed by atoms with Crippen molar-refractivity contribution in [3.8, 4) is 0 Å². The maximum absolute atomic E-state index is 12.5. The fraction of sp³-hybridized carbons (Fsp3) is 0.438. The molecule has 124 valence electrons. The van der Waals surface area contributed by atoms with Crippen molar-refractivity contribution in [2.45, 2.75) is 37.1 Å². The van der Waals surface area contributed by atoms with Crippen LogP contribution in [0, 0.1) is 0 Å². The second kappa shape index (κ2) is 8.01. The third-order valence-corrected chi connectivity index (χ3v) is 4.35. The summed E-state index contributed by atoms with van der Waals surface area (Å²) in [5, 5.41) is 5.45. The van der Waals surface area contributed by atoms with Crippen molar-refractivity contribution in [3.63, 3.8) is 0 Å². The molecule has 2 rings (SSSR count). The Bertz CT molecular complexity index is 606. The summed E-state index contributed by atoms with van der Waals surface area (Å²) in [5.41, 5.74) is 0.597. The van der Waals surface area contributed by atoms with E-state index in [-0.39, 0.29) is 17.8 Å². The highest BCUT2D eigenvalue weighted by atomic mass is 32.2. The van der Waals surface area contributed by atoms with Gasteiger partial charge in [-0.2, -0.15) is 0 Å². The molecule has 1 aromatic carbocycles. The lowest BCUT2D eigenvalue weighted by atomic mass is 10.1. The lowest BCUT2D eigenvalue weighted by Crippen LogP contribution is -2.31. The molecule has 23 heavy (non-hydrogen) atoms. The van der Waals surface area contributed by atoms with Gasteiger partial charge in [0.05, 0.1) is 5.69 Å². The number of carbonyl (C=O) groups excluding carboxylic acids is 3. The molecule has 1 aromatic rings. The van der Waals surface area contributed by atoms with Crippen LogP contribution in [-0.2, 0) is 9.59 Å². The van der Waals surface area contributed by atoms with Gasteiger partial charge < -0.3 is 10.6 Å². The standard InChI is InChI=1S/C16H21N3O3S/c1-11(20)17-9-4-3-8-14-15(21)19(16(22)18-14)12-6-5-7-13(10-12)23-2/h5-7,10,14H,3-4,8-9H2,1-2H3,(H,17,20)(H,18,22)/t14-/m0/s1. The predicted octanol–water partition coefficient (Wildman–Crippen LogP) is 2.14. The Morgan fingerprint density at radius 2 is 2.13 bits per heavy atom. The Morgan fingerprint density at radius 3 is 2.83 bits per heavy atom. The first kappa shape index (κ1) is 17.3. The monoisotopic (exact) mass is 335 g/mol. The van der Waals surface area contributed by atoms with E-state index >= 15 is 0 Å². The number of imide groups is 1. The van der Waals surface area contributed by atoms with Crippen molar-refractivity contribution in [2.75, 3.05) is 17.7 Å². The molecular weight excluding hydrogens is 314 g/mol. The number of hydrogen-bond acceptors (Lipinski definition) is 4. The summed E-state index contributed by atoms with van der Waals surface area (Å²) in [5.74, 6) is -0.275. The summed E-state index contributed by atoms with van der Waals surface area (Å²) in [6.45, 7) is 2.06. The maximum atomic E-state index is 12.5. The van der Waals surface area contributed by atoms with Gasteiger partial charge in [0.25, 0.3) is 5.91 Å². The highest BCUT2D eigenvalue weighted by Gasteiger charge is 2.38. The van der Waals surface area contributed by atoms with Crippen LogP contribution in [0.25, 0.3) is 0 Å². The van der Waals surface area contributed by atoms with E-state index in [1.807, 2.05) is 24.5 Å². The molecule has 1 aliphatic rings. The molecule has 0 radical (unpaired) electrons. The van der Waals surface area contributed by atoms with Crippen molar-refractivity contribution < 1.29 is 14.4 Å². The zero-order chi connectivity index (χ0) is 16.8. The maximum Gasteiger partial charge on any atom is 0.329 e. The number of nitrogens with zero attached hydrogens (tertiary/aromatic N) is 1. The fourth-order valence-electron chi connectivity index (χ4n) is 2.46. The zero-order valence-electron chi connectivity index (χ0n) is 13.3. The average molecular weight is 335 g/mol. The summed E-state index contributed by atoms with van der Waals surface area (Å²) in [6, 6.07) is 6.50. The number of thioether (sulfide) groups is 1. The number of amides is 4. The van der Waals surface area contributed by atoms with Gasteiger partial charge in [-0.1, -0.05) is 6.07 Å². The molecule has 1 aliphatic heterocycles. The van der Waals surface area contributed by atoms with Gasteiger partial charge in [-0.15, -0.1) is 11.8 Å². The minimum Gasteiger partial charge on any atom is -0.356 e. The van der Waals surface area contributed by atoms with Crippen LogP contribution < -0.4 is 15.5 Å². The summed E-state index contributed by atoms with van der Waals surface area (Å²) in [7, 11) is 0. The van der Waals surface area contributed by atoms with E-state index in [2.05, 4.69) is 10.6 Å². The van der Waals surface area contributed by atoms with Crippen molar-refractivity contribution in [3.05, 3.63) is 24.3 Å². The molecule has 0 bridgehead atoms. The lowest BCUT2D eigenvalue weighted by Gasteiger charge is -2.14. The molecule has 2 N–H and O–H groups in total. The molecular formula is C16H21N3O3S. The van der Waals surface area contributed by atoms with Gasteiger partial charge in [0.1, 0.15) is 6.04 Å². The van der Waals surface area contributed by atoms with Crippen LogP contribution in [0.4, 0.5) is 10.5 Å². The van der Waals surface area contributed by atoms with E-state index in [1.54, 1.807) is 17.8 Å². The largest absolute Gasteiger partial charge is 0.356 e. The molecule has 7 heteroatoms. The number of urea groups is 1. The van der Waals surface area contributed by atoms with E-state index in [0.717, 1.165) is 17.7 Å². The first-order chi connectivity index (χ1) is 11.0. The van der Waals surface area contributed by atoms with Crippen LogP contribution in [0.1, 0.15) is 26.2 Å². The minimum atomic E-state index is -0.488. The van der Waals surface area contributed by atoms with Gasteiger partial charge in [-0.25, -0.2) is 9.69 Å². The van der Waals surface area contributed by atoms with Crippen molar-refractivity contribution in [1.82, 2.24) is 10.6 Å². The molecule has 1 fully saturated rings. The Hall–Kier alpha value is -2.02. The average Bonchev–Trinajstić information content (AvgIpc) is 2.81. The predicted molar refractivity (Wildman–Crippen MR) is 90.6 cm³/mol. The molecule has 4 amide bonds. The van der Waals surface area contributed by atoms with Crippen LogP contribution in [0.5, 0.6) is 0 Å². The molecule has 0 unspecified atom stereocenters. The van der Waals surface area contributed by atoms with E-state index in [1.165, 1.54) is 11.8 Å². The highest BCUT2D eigenvalue weighted by molar-refractivity contribution is 7.98. The zero-order valence-corrected chi connectivity index (χ0v) is 14.1. The molecule has 0 aromatic heterocycles. The van der Waals surface area contributed by atoms with E-state index < -0.39 is 6.04 Å². The van der Waals surface area contributed by atoms with Crippen LogP contribution in [0.15, 0.2) is 29.2 Å². The van der Waals surface area contributed by atoms with Gasteiger partial charge in [-0.3, -0.25) is 9.59 Å². The second-order valence-corrected chi connectivity index (χ2v) is 6.24. The first-order valence-corrected chi connectivity index (χ1v) is 8.78. The van der Waals surface area contributed by atoms with Gasteiger partial charge in [0, 0.05) is 18.4 Å². The Kier molecular flexibility index (Phi) is 6.04. The second-order valence-electron chi connectivity index (χ2n) is 5.36. The molecule has 0 saturated carbocycles. The fourth-order valence-corrected chi connectivity index (χ4v) is 2.91. The number of hydrogen-bond donors (Lipinski definition) is 2. The first-order valence-electron chi connectivity index (χ1n) is 7.56. The minimum absolute atomic E-state index is 0.0601. The summed E-state index contributed by atoms with van der Waals surface area (Å²) in [4.78, 5) is 37.5. The van der Waals surface area contributed by atoms with Gasteiger partial charge >= 0.3 is 6.03 Å². The Morgan fingerprint density at radius 1 is 1.35 bits per heavy atom. The summed E-state index contributed by atoms with van der Waals surface area (Å²) < 4.78 is 0. The molecule has 1 atom stereocenters. The van der Waals surface area contributed by atoms with Crippen molar-refractivity contribution in [1.29, 1.82) is 0 Å². The number of benzene rings is 1. The van der Waals surface area contributed by atoms with Crippen LogP contribution >= 0.6 is 11.8 Å². The van der Waals surface area contributed by atoms with E-state index in [9.17, 15) is 14.4 Å². The topological polar surface area (TPSA) is 78.5 Å². The normalized spacial score (nSPS) is 17.3. The molecule has 1 saturated heterocycles. The molecule has 0 spiro atoms. The van der Waals surface area contributed by atoms with Crippen molar-refractivity contribution >= 4 is 35.3 Å². The number of nitrogens with one attached hydrogen (secondary N) is 2. The van der Waals surface area contributed by atoms with E-state index in [4.69, 9.17) is 0 Å². The lowest BCUT2D eigenvalue weighted by molar-refractivity contribution is -0.119. The summed E-state index contributed by atoms with van der Waals surface area (Å²) in [6.07, 6.45) is 4.06. The molecule has 6 nitrogen and oxygen atoms in total. The van der Waals surface area contributed by atoms with Crippen LogP contribution in [0.3, 0.4) is 0 Å². The molecule has 0 aliphatic carbocycles. The third-order valence-electron chi connectivity index (χ3n) is 3.62. The smallest absolute Gasteiger partial charge is 0.329 e. The van der Waals surface area contributed by atoms with E-state index in [0.29, 0.717) is 18.7 Å². The van der Waals surface area contributed by atoms with Crippen molar-refractivity contribution in [2.24, 2.45) is 0 Å². The Labute approximate surface area is 140 Å². The SMILES string of the molecule is CSc1cccc(N2C(=O)N[C@@H](CCCCNC(C)=O)C2=O)c1. The van der Waals surface area contributed by atoms with Gasteiger partial charge in [0.2, 0.25) is 5.91 Å². The van der Waals surface area contributed by atoms with Gasteiger partial charge in [-0.05, 0) is 43.7 Å². The quantitative estimate of drug-likeness (QED) is 0.455. The van der Waals surface area contributed by atoms with Gasteiger partial charge in [0.15, 0.2) is 0 Å².